The standard InChI is InChI=1S/C14H11ClN4O2/c1-18-13-6-8(15)2-5-12(13)17-14(18)10-7-9(19(20)21)3-4-11(10)16/h2-7H,16H2,1H3. The number of benzene rings is 2. The smallest absolute Gasteiger partial charge is 0.270 e. The molecule has 0 spiro atoms. The van der Waals surface area contributed by atoms with Gasteiger partial charge in [0.15, 0.2) is 0 Å². The van der Waals surface area contributed by atoms with Gasteiger partial charge in [-0.05, 0) is 24.3 Å². The molecule has 3 aromatic rings. The molecule has 21 heavy (non-hydrogen) atoms. The molecular weight excluding hydrogens is 292 g/mol. The summed E-state index contributed by atoms with van der Waals surface area (Å²) in [5.41, 5.74) is 8.47. The van der Waals surface area contributed by atoms with Crippen molar-refractivity contribution in [2.45, 2.75) is 0 Å². The number of rotatable bonds is 2. The molecule has 0 saturated heterocycles. The summed E-state index contributed by atoms with van der Waals surface area (Å²) in [6.07, 6.45) is 0. The molecule has 1 aromatic heterocycles. The summed E-state index contributed by atoms with van der Waals surface area (Å²) < 4.78 is 1.82. The summed E-state index contributed by atoms with van der Waals surface area (Å²) in [6, 6.07) is 9.66. The Hall–Kier alpha value is -2.60. The number of aromatic nitrogens is 2. The lowest BCUT2D eigenvalue weighted by molar-refractivity contribution is -0.384. The summed E-state index contributed by atoms with van der Waals surface area (Å²) >= 11 is 5.99. The summed E-state index contributed by atoms with van der Waals surface area (Å²) in [7, 11) is 1.82. The predicted molar refractivity (Wildman–Crippen MR) is 82.2 cm³/mol. The fourth-order valence-corrected chi connectivity index (χ4v) is 2.42. The molecule has 0 unspecified atom stereocenters. The zero-order chi connectivity index (χ0) is 15.1. The summed E-state index contributed by atoms with van der Waals surface area (Å²) in [6.45, 7) is 0. The van der Waals surface area contributed by atoms with Crippen LogP contribution in [0.2, 0.25) is 5.02 Å². The molecule has 2 aromatic carbocycles. The summed E-state index contributed by atoms with van der Waals surface area (Å²) in [4.78, 5) is 14.9. The lowest BCUT2D eigenvalue weighted by Crippen LogP contribution is -1.98. The fourth-order valence-electron chi connectivity index (χ4n) is 2.26. The minimum Gasteiger partial charge on any atom is -0.398 e. The van der Waals surface area contributed by atoms with Crippen LogP contribution in [0.15, 0.2) is 36.4 Å². The molecule has 0 amide bonds. The van der Waals surface area contributed by atoms with Gasteiger partial charge < -0.3 is 10.3 Å². The number of halogens is 1. The molecule has 0 aliphatic carbocycles. The third-order valence-corrected chi connectivity index (χ3v) is 3.57. The molecule has 0 fully saturated rings. The van der Waals surface area contributed by atoms with Crippen LogP contribution < -0.4 is 5.73 Å². The molecule has 3 rings (SSSR count). The van der Waals surface area contributed by atoms with E-state index in [4.69, 9.17) is 17.3 Å². The van der Waals surface area contributed by atoms with Crippen LogP contribution in [0.1, 0.15) is 0 Å². The average molecular weight is 303 g/mol. The zero-order valence-electron chi connectivity index (χ0n) is 11.1. The fraction of sp³-hybridized carbons (Fsp3) is 0.0714. The Morgan fingerprint density at radius 2 is 2.05 bits per heavy atom. The van der Waals surface area contributed by atoms with Crippen LogP contribution in [-0.2, 0) is 7.05 Å². The number of anilines is 1. The number of aryl methyl sites for hydroxylation is 1. The summed E-state index contributed by atoms with van der Waals surface area (Å²) in [5.74, 6) is 0.563. The average Bonchev–Trinajstić information content (AvgIpc) is 2.76. The molecule has 6 nitrogen and oxygen atoms in total. The largest absolute Gasteiger partial charge is 0.398 e. The van der Waals surface area contributed by atoms with Crippen LogP contribution in [0.3, 0.4) is 0 Å². The van der Waals surface area contributed by atoms with E-state index in [0.717, 1.165) is 11.0 Å². The lowest BCUT2D eigenvalue weighted by Gasteiger charge is -2.06. The maximum absolute atomic E-state index is 10.9. The highest BCUT2D eigenvalue weighted by molar-refractivity contribution is 6.31. The number of hydrogen-bond donors (Lipinski definition) is 1. The number of fused-ring (bicyclic) bond motifs is 1. The minimum absolute atomic E-state index is 0.0238. The first-order valence-electron chi connectivity index (χ1n) is 6.13. The van der Waals surface area contributed by atoms with Gasteiger partial charge in [0.25, 0.3) is 5.69 Å². The van der Waals surface area contributed by atoms with Gasteiger partial charge in [-0.25, -0.2) is 4.98 Å². The molecule has 0 atom stereocenters. The van der Waals surface area contributed by atoms with Crippen LogP contribution in [0.4, 0.5) is 11.4 Å². The number of nitro benzene ring substituents is 1. The molecule has 1 heterocycles. The van der Waals surface area contributed by atoms with Crippen molar-refractivity contribution in [3.05, 3.63) is 51.5 Å². The number of non-ortho nitro benzene ring substituents is 1. The van der Waals surface area contributed by atoms with Crippen molar-refractivity contribution in [1.29, 1.82) is 0 Å². The second-order valence-electron chi connectivity index (χ2n) is 4.66. The van der Waals surface area contributed by atoms with Crippen LogP contribution in [0, 0.1) is 10.1 Å². The first-order chi connectivity index (χ1) is 9.97. The van der Waals surface area contributed by atoms with Gasteiger partial charge in [0, 0.05) is 35.5 Å². The van der Waals surface area contributed by atoms with Gasteiger partial charge in [-0.2, -0.15) is 0 Å². The second-order valence-corrected chi connectivity index (χ2v) is 5.09. The van der Waals surface area contributed by atoms with E-state index in [0.29, 0.717) is 22.1 Å². The quantitative estimate of drug-likeness (QED) is 0.446. The molecule has 0 saturated carbocycles. The third kappa shape index (κ3) is 2.19. The van der Waals surface area contributed by atoms with Crippen molar-refractivity contribution in [2.75, 3.05) is 5.73 Å². The maximum Gasteiger partial charge on any atom is 0.270 e. The SMILES string of the molecule is Cn1c(-c2cc([N+](=O)[O-])ccc2N)nc2ccc(Cl)cc21. The van der Waals surface area contributed by atoms with Gasteiger partial charge in [-0.3, -0.25) is 10.1 Å². The van der Waals surface area contributed by atoms with E-state index in [-0.39, 0.29) is 5.69 Å². The number of nitro groups is 1. The third-order valence-electron chi connectivity index (χ3n) is 3.33. The van der Waals surface area contributed by atoms with Crippen molar-refractivity contribution < 1.29 is 4.92 Å². The van der Waals surface area contributed by atoms with E-state index >= 15 is 0 Å². The monoisotopic (exact) mass is 302 g/mol. The molecule has 106 valence electrons. The second kappa shape index (κ2) is 4.75. The summed E-state index contributed by atoms with van der Waals surface area (Å²) in [5, 5.41) is 11.5. The van der Waals surface area contributed by atoms with Crippen LogP contribution in [0.25, 0.3) is 22.4 Å². The van der Waals surface area contributed by atoms with Gasteiger partial charge in [-0.15, -0.1) is 0 Å². The van der Waals surface area contributed by atoms with E-state index in [9.17, 15) is 10.1 Å². The molecule has 2 N–H and O–H groups in total. The Morgan fingerprint density at radius 1 is 1.29 bits per heavy atom. The predicted octanol–water partition coefficient (Wildman–Crippen LogP) is 3.38. The van der Waals surface area contributed by atoms with Crippen molar-refractivity contribution >= 4 is 34.0 Å². The molecule has 0 radical (unpaired) electrons. The van der Waals surface area contributed by atoms with Gasteiger partial charge in [0.05, 0.1) is 16.0 Å². The first kappa shape index (κ1) is 13.4. The Morgan fingerprint density at radius 3 is 2.76 bits per heavy atom. The van der Waals surface area contributed by atoms with E-state index in [1.54, 1.807) is 18.2 Å². The van der Waals surface area contributed by atoms with E-state index in [2.05, 4.69) is 4.98 Å². The highest BCUT2D eigenvalue weighted by Gasteiger charge is 2.16. The van der Waals surface area contributed by atoms with E-state index < -0.39 is 4.92 Å². The van der Waals surface area contributed by atoms with Crippen molar-refractivity contribution in [3.8, 4) is 11.4 Å². The van der Waals surface area contributed by atoms with Crippen molar-refractivity contribution in [3.63, 3.8) is 0 Å². The van der Waals surface area contributed by atoms with Crippen molar-refractivity contribution in [2.24, 2.45) is 7.05 Å². The Kier molecular flexibility index (Phi) is 3.03. The molecule has 7 heteroatoms. The first-order valence-corrected chi connectivity index (χ1v) is 6.51. The number of imidazole rings is 1. The molecule has 0 aliphatic heterocycles. The minimum atomic E-state index is -0.456. The van der Waals surface area contributed by atoms with Crippen LogP contribution >= 0.6 is 11.6 Å². The molecular formula is C14H11ClN4O2. The van der Waals surface area contributed by atoms with E-state index in [1.165, 1.54) is 18.2 Å². The topological polar surface area (TPSA) is 87.0 Å². The Labute approximate surface area is 124 Å². The number of hydrogen-bond acceptors (Lipinski definition) is 4. The normalized spacial score (nSPS) is 11.0. The highest BCUT2D eigenvalue weighted by Crippen LogP contribution is 2.31. The van der Waals surface area contributed by atoms with Gasteiger partial charge >= 0.3 is 0 Å². The number of nitrogens with two attached hydrogens (primary N) is 1. The van der Waals surface area contributed by atoms with Gasteiger partial charge in [0.1, 0.15) is 5.82 Å². The lowest BCUT2D eigenvalue weighted by atomic mass is 10.1. The highest BCUT2D eigenvalue weighted by atomic mass is 35.5. The van der Waals surface area contributed by atoms with Gasteiger partial charge in [0.2, 0.25) is 0 Å². The zero-order valence-corrected chi connectivity index (χ0v) is 11.8. The number of nitrogen functional groups attached to an aromatic ring is 1. The Bertz CT molecular complexity index is 873. The van der Waals surface area contributed by atoms with E-state index in [1.807, 2.05) is 11.6 Å². The number of nitrogens with zero attached hydrogens (tertiary/aromatic N) is 3. The van der Waals surface area contributed by atoms with Crippen LogP contribution in [-0.4, -0.2) is 14.5 Å². The van der Waals surface area contributed by atoms with Crippen LogP contribution in [0.5, 0.6) is 0 Å². The van der Waals surface area contributed by atoms with Crippen molar-refractivity contribution in [1.82, 2.24) is 9.55 Å². The maximum atomic E-state index is 10.9. The Balaban J connectivity index is 2.27. The molecule has 0 bridgehead atoms. The van der Waals surface area contributed by atoms with Gasteiger partial charge in [-0.1, -0.05) is 11.6 Å². The molecule has 0 aliphatic rings.